The first-order chi connectivity index (χ1) is 16.2. The van der Waals surface area contributed by atoms with Crippen LogP contribution in [0.4, 0.5) is 0 Å². The van der Waals surface area contributed by atoms with Gasteiger partial charge in [0.05, 0.1) is 11.5 Å². The van der Waals surface area contributed by atoms with Crippen LogP contribution < -0.4 is 0 Å². The number of fused-ring (bicyclic) bond motifs is 2. The SMILES string of the molecule is CC1(C)O[C@](C)(C(O)(c2cccc3ccccc23)c2cccc3ccccc23)CC[C@H]1C(=O)O. The van der Waals surface area contributed by atoms with Gasteiger partial charge in [-0.25, -0.2) is 0 Å². The average molecular weight is 455 g/mol. The van der Waals surface area contributed by atoms with Gasteiger partial charge < -0.3 is 14.9 Å². The lowest BCUT2D eigenvalue weighted by atomic mass is 9.66. The lowest BCUT2D eigenvalue weighted by molar-refractivity contribution is -0.256. The molecule has 2 atom stereocenters. The van der Waals surface area contributed by atoms with Crippen molar-refractivity contribution in [2.24, 2.45) is 5.92 Å². The Kier molecular flexibility index (Phi) is 5.27. The molecule has 0 amide bonds. The summed E-state index contributed by atoms with van der Waals surface area (Å²) in [5, 5.41) is 26.8. The molecule has 4 aromatic carbocycles. The predicted molar refractivity (Wildman–Crippen MR) is 135 cm³/mol. The molecule has 0 radical (unpaired) electrons. The lowest BCUT2D eigenvalue weighted by Gasteiger charge is -2.54. The van der Waals surface area contributed by atoms with E-state index in [2.05, 4.69) is 0 Å². The third-order valence-electron chi connectivity index (χ3n) is 7.66. The van der Waals surface area contributed by atoms with E-state index in [-0.39, 0.29) is 0 Å². The molecular weight excluding hydrogens is 424 g/mol. The molecule has 174 valence electrons. The maximum atomic E-state index is 13.0. The highest BCUT2D eigenvalue weighted by atomic mass is 16.5. The van der Waals surface area contributed by atoms with Crippen molar-refractivity contribution in [2.75, 3.05) is 0 Å². The summed E-state index contributed by atoms with van der Waals surface area (Å²) in [6.45, 7) is 5.56. The van der Waals surface area contributed by atoms with Crippen LogP contribution in [0.2, 0.25) is 0 Å². The number of rotatable bonds is 4. The zero-order valence-corrected chi connectivity index (χ0v) is 19.8. The van der Waals surface area contributed by atoms with E-state index in [1.807, 2.05) is 106 Å². The van der Waals surface area contributed by atoms with Crippen molar-refractivity contribution >= 4 is 27.5 Å². The first-order valence-corrected chi connectivity index (χ1v) is 11.8. The Hall–Kier alpha value is -3.21. The van der Waals surface area contributed by atoms with Crippen molar-refractivity contribution in [1.29, 1.82) is 0 Å². The van der Waals surface area contributed by atoms with Crippen LogP contribution in [0.1, 0.15) is 44.7 Å². The van der Waals surface area contributed by atoms with Crippen LogP contribution in [-0.2, 0) is 15.1 Å². The van der Waals surface area contributed by atoms with E-state index < -0.39 is 28.7 Å². The van der Waals surface area contributed by atoms with Gasteiger partial charge in [-0.2, -0.15) is 0 Å². The molecule has 0 unspecified atom stereocenters. The number of carbonyl (C=O) groups is 1. The highest BCUT2D eigenvalue weighted by molar-refractivity contribution is 5.91. The Balaban J connectivity index is 1.83. The summed E-state index contributed by atoms with van der Waals surface area (Å²) in [6.07, 6.45) is 0.813. The second-order valence-corrected chi connectivity index (χ2v) is 10.1. The molecule has 0 aliphatic carbocycles. The normalized spacial score (nSPS) is 22.6. The first kappa shape index (κ1) is 22.6. The van der Waals surface area contributed by atoms with Crippen LogP contribution in [-0.4, -0.2) is 27.4 Å². The fourth-order valence-electron chi connectivity index (χ4n) is 5.94. The number of ether oxygens (including phenoxy) is 1. The zero-order valence-electron chi connectivity index (χ0n) is 19.8. The molecular formula is C30H30O4. The molecule has 4 heteroatoms. The quantitative estimate of drug-likeness (QED) is 0.381. The van der Waals surface area contributed by atoms with E-state index in [4.69, 9.17) is 4.74 Å². The second kappa shape index (κ2) is 7.93. The topological polar surface area (TPSA) is 66.8 Å². The molecule has 0 saturated carbocycles. The molecule has 34 heavy (non-hydrogen) atoms. The Bertz CT molecular complexity index is 1300. The van der Waals surface area contributed by atoms with Gasteiger partial charge in [0, 0.05) is 0 Å². The van der Waals surface area contributed by atoms with Gasteiger partial charge in [-0.15, -0.1) is 0 Å². The summed E-state index contributed by atoms with van der Waals surface area (Å²) in [5.41, 5.74) is -2.04. The molecule has 0 bridgehead atoms. The van der Waals surface area contributed by atoms with Crippen LogP contribution in [0.15, 0.2) is 84.9 Å². The summed E-state index contributed by atoms with van der Waals surface area (Å²) in [6, 6.07) is 28.0. The standard InChI is InChI=1S/C30H30O4/c1-28(2)26(27(31)32)18-19-29(3,34-28)30(33,24-16-8-12-20-10-4-6-14-22(20)24)25-17-9-13-21-11-5-7-15-23(21)25/h4-17,26,33H,18-19H2,1-3H3,(H,31,32)/t26-,29-/m0/s1. The largest absolute Gasteiger partial charge is 0.481 e. The van der Waals surface area contributed by atoms with Gasteiger partial charge in [-0.05, 0) is 66.3 Å². The van der Waals surface area contributed by atoms with Crippen LogP contribution in [0, 0.1) is 5.92 Å². The average Bonchev–Trinajstić information content (AvgIpc) is 2.82. The van der Waals surface area contributed by atoms with Gasteiger partial charge in [0.25, 0.3) is 0 Å². The summed E-state index contributed by atoms with van der Waals surface area (Å²) < 4.78 is 6.68. The molecule has 2 N–H and O–H groups in total. The third kappa shape index (κ3) is 3.32. The van der Waals surface area contributed by atoms with Crippen molar-refractivity contribution in [3.05, 3.63) is 96.1 Å². The van der Waals surface area contributed by atoms with Gasteiger partial charge in [0.1, 0.15) is 11.2 Å². The van der Waals surface area contributed by atoms with E-state index in [1.54, 1.807) is 0 Å². The highest BCUT2D eigenvalue weighted by Gasteiger charge is 2.58. The van der Waals surface area contributed by atoms with E-state index >= 15 is 0 Å². The van der Waals surface area contributed by atoms with Gasteiger partial charge in [-0.1, -0.05) is 84.9 Å². The van der Waals surface area contributed by atoms with E-state index in [9.17, 15) is 15.0 Å². The summed E-state index contributed by atoms with van der Waals surface area (Å²) in [5.74, 6) is -1.52. The lowest BCUT2D eigenvalue weighted by Crippen LogP contribution is -2.61. The Labute approximate surface area is 199 Å². The van der Waals surface area contributed by atoms with Gasteiger partial charge in [0.2, 0.25) is 0 Å². The van der Waals surface area contributed by atoms with Gasteiger partial charge in [0.15, 0.2) is 0 Å². The highest BCUT2D eigenvalue weighted by Crippen LogP contribution is 2.53. The Morgan fingerprint density at radius 1 is 0.824 bits per heavy atom. The number of benzene rings is 4. The Morgan fingerprint density at radius 3 is 1.76 bits per heavy atom. The van der Waals surface area contributed by atoms with Gasteiger partial charge >= 0.3 is 5.97 Å². The van der Waals surface area contributed by atoms with Crippen LogP contribution >= 0.6 is 0 Å². The summed E-state index contributed by atoms with van der Waals surface area (Å²) >= 11 is 0. The molecule has 1 aliphatic rings. The van der Waals surface area contributed by atoms with E-state index in [1.165, 1.54) is 0 Å². The minimum absolute atomic E-state index is 0.399. The number of aliphatic carboxylic acids is 1. The smallest absolute Gasteiger partial charge is 0.309 e. The fourth-order valence-corrected chi connectivity index (χ4v) is 5.94. The number of carboxylic acid groups (broad SMARTS) is 1. The van der Waals surface area contributed by atoms with E-state index in [0.717, 1.165) is 32.7 Å². The third-order valence-corrected chi connectivity index (χ3v) is 7.66. The van der Waals surface area contributed by atoms with Crippen LogP contribution in [0.25, 0.3) is 21.5 Å². The Morgan fingerprint density at radius 2 is 1.29 bits per heavy atom. The van der Waals surface area contributed by atoms with Crippen LogP contribution in [0.5, 0.6) is 0 Å². The summed E-state index contributed by atoms with van der Waals surface area (Å²) in [4.78, 5) is 12.0. The van der Waals surface area contributed by atoms with Gasteiger partial charge in [-0.3, -0.25) is 4.79 Å². The van der Waals surface area contributed by atoms with E-state index in [0.29, 0.717) is 12.8 Å². The molecule has 1 saturated heterocycles. The van der Waals surface area contributed by atoms with Crippen molar-refractivity contribution in [2.45, 2.75) is 50.4 Å². The monoisotopic (exact) mass is 454 g/mol. The second-order valence-electron chi connectivity index (χ2n) is 10.1. The van der Waals surface area contributed by atoms with Crippen molar-refractivity contribution < 1.29 is 19.7 Å². The summed E-state index contributed by atoms with van der Waals surface area (Å²) in [7, 11) is 0. The van der Waals surface area contributed by atoms with Crippen LogP contribution in [0.3, 0.4) is 0 Å². The first-order valence-electron chi connectivity index (χ1n) is 11.8. The molecule has 4 nitrogen and oxygen atoms in total. The number of hydrogen-bond acceptors (Lipinski definition) is 3. The molecule has 4 aromatic rings. The minimum atomic E-state index is -1.53. The van der Waals surface area contributed by atoms with Crippen molar-refractivity contribution in [3.63, 3.8) is 0 Å². The predicted octanol–water partition coefficient (Wildman–Crippen LogP) is 6.28. The molecule has 0 spiro atoms. The molecule has 1 heterocycles. The zero-order chi connectivity index (χ0) is 24.1. The number of aliphatic hydroxyl groups is 1. The maximum Gasteiger partial charge on any atom is 0.309 e. The molecule has 1 fully saturated rings. The van der Waals surface area contributed by atoms with Crippen molar-refractivity contribution in [1.82, 2.24) is 0 Å². The number of carboxylic acids is 1. The molecule has 5 rings (SSSR count). The minimum Gasteiger partial charge on any atom is -0.481 e. The maximum absolute atomic E-state index is 13.0. The number of hydrogen-bond donors (Lipinski definition) is 2. The van der Waals surface area contributed by atoms with Crippen molar-refractivity contribution in [3.8, 4) is 0 Å². The molecule has 0 aromatic heterocycles. The fraction of sp³-hybridized carbons (Fsp3) is 0.300. The molecule has 1 aliphatic heterocycles.